The number of anilines is 1. The summed E-state index contributed by atoms with van der Waals surface area (Å²) in [6.07, 6.45) is 3.94. The second kappa shape index (κ2) is 6.26. The molecule has 1 aliphatic rings. The first-order chi connectivity index (χ1) is 10.9. The lowest BCUT2D eigenvalue weighted by molar-refractivity contribution is 0.0991. The molecule has 0 bridgehead atoms. The van der Waals surface area contributed by atoms with Crippen LogP contribution in [0, 0.1) is 0 Å². The first-order valence-electron chi connectivity index (χ1n) is 7.26. The molecule has 7 heteroatoms. The minimum absolute atomic E-state index is 0.157. The van der Waals surface area contributed by atoms with Gasteiger partial charge in [-0.05, 0) is 55.2 Å². The zero-order valence-corrected chi connectivity index (χ0v) is 15.0. The average Bonchev–Trinajstić information content (AvgIpc) is 2.89. The number of carbonyl (C=O) groups is 1. The molecule has 0 fully saturated rings. The zero-order valence-electron chi connectivity index (χ0n) is 12.6. The fourth-order valence-corrected chi connectivity index (χ4v) is 4.77. The second-order valence-electron chi connectivity index (χ2n) is 5.58. The number of halogens is 1. The maximum Gasteiger partial charge on any atom is 0.268 e. The number of benzene rings is 1. The Hall–Kier alpha value is -1.37. The quantitative estimate of drug-likeness (QED) is 0.809. The van der Waals surface area contributed by atoms with Crippen LogP contribution in [-0.4, -0.2) is 27.1 Å². The second-order valence-corrected chi connectivity index (χ2v) is 9.34. The SMILES string of the molecule is CS(=O)(=O)c1ccc(C(=O)N2CCCCc3cc(Cl)ccc32)s1. The van der Waals surface area contributed by atoms with Gasteiger partial charge in [0.1, 0.15) is 4.21 Å². The van der Waals surface area contributed by atoms with E-state index >= 15 is 0 Å². The number of rotatable bonds is 2. The Bertz CT molecular complexity index is 858. The van der Waals surface area contributed by atoms with Gasteiger partial charge in [0.15, 0.2) is 9.84 Å². The van der Waals surface area contributed by atoms with Crippen molar-refractivity contribution in [1.82, 2.24) is 0 Å². The van der Waals surface area contributed by atoms with Gasteiger partial charge in [0.2, 0.25) is 0 Å². The summed E-state index contributed by atoms with van der Waals surface area (Å²) >= 11 is 7.08. The van der Waals surface area contributed by atoms with E-state index in [-0.39, 0.29) is 10.1 Å². The normalized spacial score (nSPS) is 15.1. The van der Waals surface area contributed by atoms with Gasteiger partial charge in [0.05, 0.1) is 4.88 Å². The molecule has 0 radical (unpaired) electrons. The van der Waals surface area contributed by atoms with E-state index in [1.165, 1.54) is 6.07 Å². The number of carbonyl (C=O) groups excluding carboxylic acids is 1. The van der Waals surface area contributed by atoms with Crippen molar-refractivity contribution in [2.24, 2.45) is 0 Å². The molecule has 0 N–H and O–H groups in total. The number of hydrogen-bond donors (Lipinski definition) is 0. The summed E-state index contributed by atoms with van der Waals surface area (Å²) < 4.78 is 23.4. The Morgan fingerprint density at radius 3 is 2.70 bits per heavy atom. The molecule has 1 aliphatic heterocycles. The third-order valence-electron chi connectivity index (χ3n) is 3.81. The van der Waals surface area contributed by atoms with Gasteiger partial charge in [-0.3, -0.25) is 4.79 Å². The molecule has 1 amide bonds. The summed E-state index contributed by atoms with van der Waals surface area (Å²) in [4.78, 5) is 15.0. The number of sulfone groups is 1. The number of thiophene rings is 1. The summed E-state index contributed by atoms with van der Waals surface area (Å²) in [5.41, 5.74) is 1.93. The Morgan fingerprint density at radius 1 is 1.22 bits per heavy atom. The summed E-state index contributed by atoms with van der Waals surface area (Å²) in [6, 6.07) is 8.63. The number of amides is 1. The van der Waals surface area contributed by atoms with Crippen LogP contribution in [0.5, 0.6) is 0 Å². The van der Waals surface area contributed by atoms with Crippen molar-refractivity contribution in [3.8, 4) is 0 Å². The molecule has 1 aromatic carbocycles. The largest absolute Gasteiger partial charge is 0.307 e. The maximum absolute atomic E-state index is 12.8. The van der Waals surface area contributed by atoms with Crippen molar-refractivity contribution in [1.29, 1.82) is 0 Å². The van der Waals surface area contributed by atoms with Crippen LogP contribution in [0.4, 0.5) is 5.69 Å². The van der Waals surface area contributed by atoms with Gasteiger partial charge >= 0.3 is 0 Å². The van der Waals surface area contributed by atoms with Crippen LogP contribution >= 0.6 is 22.9 Å². The molecule has 0 saturated heterocycles. The lowest BCUT2D eigenvalue weighted by Gasteiger charge is -2.22. The Morgan fingerprint density at radius 2 is 2.00 bits per heavy atom. The predicted molar refractivity (Wildman–Crippen MR) is 93.5 cm³/mol. The van der Waals surface area contributed by atoms with Crippen LogP contribution in [0.15, 0.2) is 34.5 Å². The van der Waals surface area contributed by atoms with E-state index in [2.05, 4.69) is 0 Å². The summed E-state index contributed by atoms with van der Waals surface area (Å²) in [7, 11) is -3.29. The van der Waals surface area contributed by atoms with Crippen LogP contribution in [0.1, 0.15) is 28.1 Å². The van der Waals surface area contributed by atoms with Gasteiger partial charge in [0, 0.05) is 23.5 Å². The van der Waals surface area contributed by atoms with Gasteiger partial charge in [-0.25, -0.2) is 8.42 Å². The number of aryl methyl sites for hydroxylation is 1. The number of nitrogens with zero attached hydrogens (tertiary/aromatic N) is 1. The van der Waals surface area contributed by atoms with Crippen molar-refractivity contribution >= 4 is 44.4 Å². The van der Waals surface area contributed by atoms with Crippen molar-refractivity contribution in [2.45, 2.75) is 23.5 Å². The molecular formula is C16H16ClNO3S2. The van der Waals surface area contributed by atoms with E-state index < -0.39 is 9.84 Å². The number of hydrogen-bond acceptors (Lipinski definition) is 4. The highest BCUT2D eigenvalue weighted by Gasteiger charge is 2.24. The molecule has 122 valence electrons. The van der Waals surface area contributed by atoms with Gasteiger partial charge in [0.25, 0.3) is 5.91 Å². The minimum atomic E-state index is -3.29. The van der Waals surface area contributed by atoms with E-state index in [0.717, 1.165) is 48.1 Å². The molecular weight excluding hydrogens is 354 g/mol. The summed E-state index contributed by atoms with van der Waals surface area (Å²) in [5.74, 6) is -0.157. The lowest BCUT2D eigenvalue weighted by Crippen LogP contribution is -2.31. The van der Waals surface area contributed by atoms with Crippen LogP contribution in [0.25, 0.3) is 0 Å². The van der Waals surface area contributed by atoms with Crippen molar-refractivity contribution in [2.75, 3.05) is 17.7 Å². The zero-order chi connectivity index (χ0) is 16.6. The molecule has 3 rings (SSSR count). The Balaban J connectivity index is 1.98. The molecule has 0 spiro atoms. The molecule has 2 aromatic rings. The predicted octanol–water partition coefficient (Wildman–Crippen LogP) is 3.79. The molecule has 4 nitrogen and oxygen atoms in total. The number of fused-ring (bicyclic) bond motifs is 1. The fraction of sp³-hybridized carbons (Fsp3) is 0.312. The van der Waals surface area contributed by atoms with Crippen LogP contribution in [-0.2, 0) is 16.3 Å². The molecule has 0 saturated carbocycles. The average molecular weight is 370 g/mol. The monoisotopic (exact) mass is 369 g/mol. The maximum atomic E-state index is 12.8. The van der Waals surface area contributed by atoms with E-state index in [9.17, 15) is 13.2 Å². The summed E-state index contributed by atoms with van der Waals surface area (Å²) in [5, 5.41) is 0.661. The third kappa shape index (κ3) is 3.44. The highest BCUT2D eigenvalue weighted by Crippen LogP contribution is 2.31. The molecule has 23 heavy (non-hydrogen) atoms. The molecule has 0 atom stereocenters. The minimum Gasteiger partial charge on any atom is -0.307 e. The van der Waals surface area contributed by atoms with E-state index in [1.807, 2.05) is 12.1 Å². The van der Waals surface area contributed by atoms with Crippen molar-refractivity contribution in [3.63, 3.8) is 0 Å². The van der Waals surface area contributed by atoms with Crippen LogP contribution in [0.3, 0.4) is 0 Å². The van der Waals surface area contributed by atoms with E-state index in [1.54, 1.807) is 17.0 Å². The summed E-state index contributed by atoms with van der Waals surface area (Å²) in [6.45, 7) is 0.625. The van der Waals surface area contributed by atoms with Crippen LogP contribution < -0.4 is 4.90 Å². The van der Waals surface area contributed by atoms with Crippen molar-refractivity contribution in [3.05, 3.63) is 45.8 Å². The van der Waals surface area contributed by atoms with Crippen LogP contribution in [0.2, 0.25) is 5.02 Å². The smallest absolute Gasteiger partial charge is 0.268 e. The fourth-order valence-electron chi connectivity index (χ4n) is 2.70. The highest BCUT2D eigenvalue weighted by atomic mass is 35.5. The first kappa shape index (κ1) is 16.5. The van der Waals surface area contributed by atoms with Gasteiger partial charge in [-0.15, -0.1) is 11.3 Å². The standard InChI is InChI=1S/C16H16ClNO3S2/c1-23(20,21)15-8-7-14(22-15)16(19)18-9-3-2-4-11-10-12(17)5-6-13(11)18/h5-8,10H,2-4,9H2,1H3. The third-order valence-corrected chi connectivity index (χ3v) is 6.94. The molecule has 2 heterocycles. The van der Waals surface area contributed by atoms with E-state index in [4.69, 9.17) is 11.6 Å². The van der Waals surface area contributed by atoms with Gasteiger partial charge in [-0.1, -0.05) is 11.6 Å². The Kier molecular flexibility index (Phi) is 4.49. The van der Waals surface area contributed by atoms with Gasteiger partial charge in [-0.2, -0.15) is 0 Å². The van der Waals surface area contributed by atoms with Gasteiger partial charge < -0.3 is 4.90 Å². The van der Waals surface area contributed by atoms with Crippen molar-refractivity contribution < 1.29 is 13.2 Å². The first-order valence-corrected chi connectivity index (χ1v) is 10.3. The lowest BCUT2D eigenvalue weighted by atomic mass is 10.1. The van der Waals surface area contributed by atoms with E-state index in [0.29, 0.717) is 16.4 Å². The Labute approximate surface area is 144 Å². The topological polar surface area (TPSA) is 54.5 Å². The molecule has 0 unspecified atom stereocenters. The molecule has 0 aliphatic carbocycles. The highest BCUT2D eigenvalue weighted by molar-refractivity contribution is 7.92. The molecule has 1 aromatic heterocycles.